The van der Waals surface area contributed by atoms with E-state index in [9.17, 15) is 0 Å². The van der Waals surface area contributed by atoms with Gasteiger partial charge in [-0.1, -0.05) is 12.1 Å². The van der Waals surface area contributed by atoms with Crippen molar-refractivity contribution in [2.45, 2.75) is 0 Å². The summed E-state index contributed by atoms with van der Waals surface area (Å²) in [5.74, 6) is 0. The minimum Gasteiger partial charge on any atom is -0.377 e. The number of fused-ring (bicyclic) bond motifs is 1. The topological polar surface area (TPSA) is 3.24 Å². The number of hydrogen-bond acceptors (Lipinski definition) is 2. The van der Waals surface area contributed by atoms with Crippen LogP contribution >= 0.6 is 11.3 Å². The van der Waals surface area contributed by atoms with Gasteiger partial charge in [-0.25, -0.2) is 0 Å². The molecule has 0 spiro atoms. The van der Waals surface area contributed by atoms with Crippen LogP contribution in [0.5, 0.6) is 0 Å². The molecule has 0 aliphatic rings. The number of nitrogens with zero attached hydrogens (tertiary/aromatic N) is 1. The third-order valence-corrected chi connectivity index (χ3v) is 2.89. The lowest BCUT2D eigenvalue weighted by Gasteiger charge is -2.12. The first kappa shape index (κ1) is 7.62. The van der Waals surface area contributed by atoms with Crippen molar-refractivity contribution in [3.05, 3.63) is 29.6 Å². The SMILES string of the molecule is CN(C)c1cccc2ccsc12. The average Bonchev–Trinajstić information content (AvgIpc) is 2.49. The summed E-state index contributed by atoms with van der Waals surface area (Å²) in [6, 6.07) is 8.56. The maximum atomic E-state index is 2.16. The second kappa shape index (κ2) is 2.79. The van der Waals surface area contributed by atoms with Crippen molar-refractivity contribution in [2.75, 3.05) is 19.0 Å². The van der Waals surface area contributed by atoms with Crippen molar-refractivity contribution in [3.8, 4) is 0 Å². The first-order valence-corrected chi connectivity index (χ1v) is 4.80. The fourth-order valence-corrected chi connectivity index (χ4v) is 2.32. The summed E-state index contributed by atoms with van der Waals surface area (Å²) < 4.78 is 1.38. The molecule has 2 rings (SSSR count). The predicted molar refractivity (Wildman–Crippen MR) is 56.2 cm³/mol. The smallest absolute Gasteiger partial charge is 0.0576 e. The Hall–Kier alpha value is -1.02. The second-order valence-electron chi connectivity index (χ2n) is 3.01. The lowest BCUT2D eigenvalue weighted by atomic mass is 10.2. The largest absolute Gasteiger partial charge is 0.377 e. The van der Waals surface area contributed by atoms with E-state index in [1.807, 2.05) is 0 Å². The molecule has 2 heteroatoms. The highest BCUT2D eigenvalue weighted by Gasteiger charge is 2.01. The highest BCUT2D eigenvalue weighted by Crippen LogP contribution is 2.29. The summed E-state index contributed by atoms with van der Waals surface area (Å²) in [7, 11) is 4.16. The maximum Gasteiger partial charge on any atom is 0.0576 e. The van der Waals surface area contributed by atoms with E-state index in [-0.39, 0.29) is 0 Å². The summed E-state index contributed by atoms with van der Waals surface area (Å²) in [4.78, 5) is 2.15. The van der Waals surface area contributed by atoms with E-state index in [0.29, 0.717) is 0 Å². The Morgan fingerprint density at radius 2 is 2.00 bits per heavy atom. The molecule has 2 aromatic rings. The summed E-state index contributed by atoms with van der Waals surface area (Å²) in [5.41, 5.74) is 1.31. The summed E-state index contributed by atoms with van der Waals surface area (Å²) in [6.07, 6.45) is 0. The maximum absolute atomic E-state index is 2.16. The number of benzene rings is 1. The van der Waals surface area contributed by atoms with E-state index in [1.54, 1.807) is 11.3 Å². The van der Waals surface area contributed by atoms with Gasteiger partial charge in [-0.2, -0.15) is 0 Å². The molecular weight excluding hydrogens is 166 g/mol. The Morgan fingerprint density at radius 1 is 1.17 bits per heavy atom. The zero-order valence-corrected chi connectivity index (χ0v) is 8.06. The van der Waals surface area contributed by atoms with Crippen molar-refractivity contribution in [1.82, 2.24) is 0 Å². The van der Waals surface area contributed by atoms with Crippen LogP contribution in [0.3, 0.4) is 0 Å². The molecule has 1 nitrogen and oxygen atoms in total. The van der Waals surface area contributed by atoms with E-state index >= 15 is 0 Å². The number of thiophene rings is 1. The molecule has 0 saturated heterocycles. The van der Waals surface area contributed by atoms with Gasteiger partial charge in [-0.15, -0.1) is 11.3 Å². The molecule has 0 bridgehead atoms. The van der Waals surface area contributed by atoms with Crippen LogP contribution < -0.4 is 4.90 Å². The highest BCUT2D eigenvalue weighted by atomic mass is 32.1. The molecule has 0 unspecified atom stereocenters. The molecule has 0 aliphatic heterocycles. The molecule has 0 atom stereocenters. The minimum absolute atomic E-state index is 1.31. The van der Waals surface area contributed by atoms with Crippen molar-refractivity contribution < 1.29 is 0 Å². The highest BCUT2D eigenvalue weighted by molar-refractivity contribution is 7.17. The molecule has 0 aliphatic carbocycles. The van der Waals surface area contributed by atoms with Gasteiger partial charge in [0.2, 0.25) is 0 Å². The van der Waals surface area contributed by atoms with Crippen molar-refractivity contribution in [3.63, 3.8) is 0 Å². The molecule has 0 N–H and O–H groups in total. The Morgan fingerprint density at radius 3 is 2.75 bits per heavy atom. The zero-order valence-electron chi connectivity index (χ0n) is 7.24. The van der Waals surface area contributed by atoms with Gasteiger partial charge in [-0.05, 0) is 22.9 Å². The van der Waals surface area contributed by atoms with Crippen LogP contribution in [0, 0.1) is 0 Å². The van der Waals surface area contributed by atoms with Gasteiger partial charge in [0.15, 0.2) is 0 Å². The second-order valence-corrected chi connectivity index (χ2v) is 3.93. The molecule has 12 heavy (non-hydrogen) atoms. The molecule has 62 valence electrons. The third-order valence-electron chi connectivity index (χ3n) is 1.94. The quantitative estimate of drug-likeness (QED) is 0.647. The molecule has 1 aromatic heterocycles. The van der Waals surface area contributed by atoms with E-state index in [1.165, 1.54) is 15.8 Å². The van der Waals surface area contributed by atoms with Crippen LogP contribution in [0.15, 0.2) is 29.6 Å². The van der Waals surface area contributed by atoms with Gasteiger partial charge in [-0.3, -0.25) is 0 Å². The van der Waals surface area contributed by atoms with Crippen LogP contribution in [0.4, 0.5) is 5.69 Å². The lowest BCUT2D eigenvalue weighted by molar-refractivity contribution is 1.14. The Kier molecular flexibility index (Phi) is 1.77. The first-order chi connectivity index (χ1) is 5.79. The van der Waals surface area contributed by atoms with Crippen LogP contribution in [0.25, 0.3) is 10.1 Å². The fourth-order valence-electron chi connectivity index (χ4n) is 1.33. The average molecular weight is 177 g/mol. The minimum atomic E-state index is 1.31. The van der Waals surface area contributed by atoms with E-state index in [2.05, 4.69) is 48.6 Å². The Labute approximate surface area is 76.2 Å². The van der Waals surface area contributed by atoms with Gasteiger partial charge >= 0.3 is 0 Å². The van der Waals surface area contributed by atoms with Gasteiger partial charge in [0, 0.05) is 14.1 Å². The summed E-state index contributed by atoms with van der Waals surface area (Å²) >= 11 is 1.80. The first-order valence-electron chi connectivity index (χ1n) is 3.92. The normalized spacial score (nSPS) is 10.5. The van der Waals surface area contributed by atoms with Crippen LogP contribution in [0.2, 0.25) is 0 Å². The van der Waals surface area contributed by atoms with Gasteiger partial charge in [0.25, 0.3) is 0 Å². The van der Waals surface area contributed by atoms with Crippen LogP contribution in [-0.2, 0) is 0 Å². The van der Waals surface area contributed by atoms with Crippen molar-refractivity contribution >= 4 is 27.1 Å². The van der Waals surface area contributed by atoms with E-state index in [0.717, 1.165) is 0 Å². The zero-order chi connectivity index (χ0) is 8.55. The van der Waals surface area contributed by atoms with Crippen molar-refractivity contribution in [1.29, 1.82) is 0 Å². The molecule has 0 radical (unpaired) electrons. The van der Waals surface area contributed by atoms with Gasteiger partial charge < -0.3 is 4.90 Å². The lowest BCUT2D eigenvalue weighted by Crippen LogP contribution is -2.08. The molecule has 1 aromatic carbocycles. The van der Waals surface area contributed by atoms with Crippen LogP contribution in [-0.4, -0.2) is 14.1 Å². The molecular formula is C10H11NS. The monoisotopic (exact) mass is 177 g/mol. The van der Waals surface area contributed by atoms with Crippen molar-refractivity contribution in [2.24, 2.45) is 0 Å². The van der Waals surface area contributed by atoms with Gasteiger partial charge in [0.1, 0.15) is 0 Å². The number of hydrogen-bond donors (Lipinski definition) is 0. The predicted octanol–water partition coefficient (Wildman–Crippen LogP) is 2.97. The van der Waals surface area contributed by atoms with Gasteiger partial charge in [0.05, 0.1) is 10.4 Å². The Bertz CT molecular complexity index is 389. The summed E-state index contributed by atoms with van der Waals surface area (Å²) in [6.45, 7) is 0. The Balaban J connectivity index is 2.73. The number of anilines is 1. The molecule has 0 amide bonds. The van der Waals surface area contributed by atoms with E-state index in [4.69, 9.17) is 0 Å². The van der Waals surface area contributed by atoms with Crippen LogP contribution in [0.1, 0.15) is 0 Å². The standard InChI is InChI=1S/C10H11NS/c1-11(2)9-5-3-4-8-6-7-12-10(8)9/h3-7H,1-2H3. The molecule has 0 fully saturated rings. The third kappa shape index (κ3) is 1.08. The van der Waals surface area contributed by atoms with E-state index < -0.39 is 0 Å². The molecule has 1 heterocycles. The summed E-state index contributed by atoms with van der Waals surface area (Å²) in [5, 5.41) is 3.48. The fraction of sp³-hybridized carbons (Fsp3) is 0.200. The number of rotatable bonds is 1. The molecule has 0 saturated carbocycles.